The Kier molecular flexibility index (Phi) is 5.35. The van der Waals surface area contributed by atoms with Gasteiger partial charge in [0, 0.05) is 24.8 Å². The van der Waals surface area contributed by atoms with E-state index in [4.69, 9.17) is 0 Å². The Morgan fingerprint density at radius 1 is 0.909 bits per heavy atom. The smallest absolute Gasteiger partial charge is 0.262 e. The molecule has 0 radical (unpaired) electrons. The molecule has 0 unspecified atom stereocenters. The normalized spacial score (nSPS) is 12.5. The van der Waals surface area contributed by atoms with E-state index in [1.54, 1.807) is 12.3 Å². The number of amides is 2. The molecule has 9 nitrogen and oxygen atoms in total. The third kappa shape index (κ3) is 3.84. The maximum Gasteiger partial charge on any atom is 0.262 e. The van der Waals surface area contributed by atoms with Crippen LogP contribution in [0.5, 0.6) is 0 Å². The van der Waals surface area contributed by atoms with Crippen molar-refractivity contribution in [3.63, 3.8) is 0 Å². The largest absolute Gasteiger partial charge is 0.352 e. The number of imide groups is 1. The van der Waals surface area contributed by atoms with E-state index in [1.165, 1.54) is 0 Å². The van der Waals surface area contributed by atoms with Gasteiger partial charge in [-0.3, -0.25) is 14.9 Å². The van der Waals surface area contributed by atoms with Gasteiger partial charge in [-0.2, -0.15) is 5.21 Å². The maximum absolute atomic E-state index is 12.4. The summed E-state index contributed by atoms with van der Waals surface area (Å²) >= 11 is 0. The Morgan fingerprint density at radius 3 is 2.42 bits per heavy atom. The van der Waals surface area contributed by atoms with Crippen LogP contribution in [0.4, 0.5) is 5.82 Å². The third-order valence-electron chi connectivity index (χ3n) is 5.57. The van der Waals surface area contributed by atoms with Crippen molar-refractivity contribution >= 4 is 17.6 Å². The number of carbonyl (C=O) groups excluding carboxylic acids is 2. The molecule has 2 amide bonds. The van der Waals surface area contributed by atoms with Gasteiger partial charge in [0.2, 0.25) is 5.82 Å². The number of rotatable bonds is 7. The fourth-order valence-corrected chi connectivity index (χ4v) is 4.08. The molecule has 3 heterocycles. The van der Waals surface area contributed by atoms with Gasteiger partial charge in [-0.25, -0.2) is 4.98 Å². The highest BCUT2D eigenvalue weighted by molar-refractivity contribution is 6.23. The second-order valence-corrected chi connectivity index (χ2v) is 7.74. The highest BCUT2D eigenvalue weighted by Crippen LogP contribution is 2.31. The summed E-state index contributed by atoms with van der Waals surface area (Å²) in [6.45, 7) is 3.33. The summed E-state index contributed by atoms with van der Waals surface area (Å²) in [7, 11) is 0. The van der Waals surface area contributed by atoms with Crippen LogP contribution in [-0.4, -0.2) is 44.0 Å². The zero-order valence-electron chi connectivity index (χ0n) is 17.9. The van der Waals surface area contributed by atoms with E-state index in [-0.39, 0.29) is 5.91 Å². The summed E-state index contributed by atoms with van der Waals surface area (Å²) < 4.78 is 0. The van der Waals surface area contributed by atoms with Gasteiger partial charge in [0.05, 0.1) is 11.1 Å². The molecule has 0 fully saturated rings. The number of hydrogen-bond acceptors (Lipinski definition) is 7. The lowest BCUT2D eigenvalue weighted by atomic mass is 9.98. The predicted octanol–water partition coefficient (Wildman–Crippen LogP) is 3.23. The fraction of sp³-hybridized carbons (Fsp3) is 0.167. The number of H-pyrrole nitrogens is 1. The van der Waals surface area contributed by atoms with Crippen molar-refractivity contribution in [3.05, 3.63) is 77.5 Å². The van der Waals surface area contributed by atoms with Crippen LogP contribution in [0.3, 0.4) is 0 Å². The Labute approximate surface area is 189 Å². The number of nitrogens with one attached hydrogen (secondary N) is 2. The summed E-state index contributed by atoms with van der Waals surface area (Å²) in [6, 6.07) is 17.7. The van der Waals surface area contributed by atoms with Crippen molar-refractivity contribution in [2.24, 2.45) is 0 Å². The zero-order chi connectivity index (χ0) is 22.8. The van der Waals surface area contributed by atoms with Crippen LogP contribution < -0.4 is 10.2 Å². The molecule has 0 saturated heterocycles. The average Bonchev–Trinajstić information content (AvgIpc) is 3.48. The molecule has 2 N–H and O–H groups in total. The molecular weight excluding hydrogens is 418 g/mol. The van der Waals surface area contributed by atoms with Gasteiger partial charge in [-0.15, -0.1) is 10.2 Å². The van der Waals surface area contributed by atoms with Crippen LogP contribution in [0.15, 0.2) is 60.8 Å². The number of pyridine rings is 1. The number of tetrazole rings is 1. The topological polar surface area (TPSA) is 117 Å². The molecule has 164 valence electrons. The second-order valence-electron chi connectivity index (χ2n) is 7.74. The fourth-order valence-electron chi connectivity index (χ4n) is 4.08. The van der Waals surface area contributed by atoms with Crippen molar-refractivity contribution < 1.29 is 9.59 Å². The highest BCUT2D eigenvalue weighted by atomic mass is 16.2. The minimum atomic E-state index is -0.396. The van der Waals surface area contributed by atoms with Crippen LogP contribution in [-0.2, 0) is 6.54 Å². The number of aromatic nitrogens is 5. The van der Waals surface area contributed by atoms with Crippen LogP contribution in [0.25, 0.3) is 22.5 Å². The monoisotopic (exact) mass is 439 g/mol. The SMILES string of the molecule is CCCN(Cc1ccc(-c2ccccc2-c2nn[nH]n2)cc1)c1nccc2c1C(=O)NC2=O. The molecule has 9 heteroatoms. The van der Waals surface area contributed by atoms with E-state index < -0.39 is 5.91 Å². The summed E-state index contributed by atoms with van der Waals surface area (Å²) in [4.78, 5) is 30.9. The molecule has 33 heavy (non-hydrogen) atoms. The van der Waals surface area contributed by atoms with Crippen molar-refractivity contribution in [2.45, 2.75) is 19.9 Å². The van der Waals surface area contributed by atoms with E-state index >= 15 is 0 Å². The number of aromatic amines is 1. The Morgan fingerprint density at radius 2 is 1.70 bits per heavy atom. The lowest BCUT2D eigenvalue weighted by Gasteiger charge is -2.25. The van der Waals surface area contributed by atoms with E-state index in [0.29, 0.717) is 35.9 Å². The molecule has 1 aliphatic heterocycles. The van der Waals surface area contributed by atoms with E-state index in [0.717, 1.165) is 28.7 Å². The number of benzene rings is 2. The molecule has 0 bridgehead atoms. The van der Waals surface area contributed by atoms with Gasteiger partial charge in [0.15, 0.2) is 0 Å². The lowest BCUT2D eigenvalue weighted by molar-refractivity contribution is 0.0879. The Hall–Kier alpha value is -4.40. The van der Waals surface area contributed by atoms with Gasteiger partial charge in [-0.1, -0.05) is 55.5 Å². The average molecular weight is 439 g/mol. The number of fused-ring (bicyclic) bond motifs is 1. The van der Waals surface area contributed by atoms with Crippen molar-refractivity contribution in [3.8, 4) is 22.5 Å². The maximum atomic E-state index is 12.4. The number of hydrogen-bond donors (Lipinski definition) is 2. The molecule has 2 aromatic carbocycles. The first-order chi connectivity index (χ1) is 16.2. The summed E-state index contributed by atoms with van der Waals surface area (Å²) in [5, 5.41) is 16.7. The van der Waals surface area contributed by atoms with Gasteiger partial charge < -0.3 is 4.90 Å². The van der Waals surface area contributed by atoms with Crippen LogP contribution in [0.1, 0.15) is 39.6 Å². The molecule has 0 aliphatic carbocycles. The van der Waals surface area contributed by atoms with E-state index in [2.05, 4.69) is 62.1 Å². The molecule has 0 saturated carbocycles. The van der Waals surface area contributed by atoms with Crippen molar-refractivity contribution in [1.29, 1.82) is 0 Å². The van der Waals surface area contributed by atoms with Crippen LogP contribution in [0.2, 0.25) is 0 Å². The molecular formula is C24H21N7O2. The van der Waals surface area contributed by atoms with E-state index in [9.17, 15) is 9.59 Å². The summed E-state index contributed by atoms with van der Waals surface area (Å²) in [5.41, 5.74) is 4.72. The third-order valence-corrected chi connectivity index (χ3v) is 5.57. The van der Waals surface area contributed by atoms with Crippen LogP contribution in [0, 0.1) is 0 Å². The van der Waals surface area contributed by atoms with Crippen LogP contribution >= 0.6 is 0 Å². The minimum absolute atomic E-state index is 0.349. The quantitative estimate of drug-likeness (QED) is 0.425. The molecule has 1 aliphatic rings. The molecule has 2 aromatic heterocycles. The van der Waals surface area contributed by atoms with Gasteiger partial charge in [0.25, 0.3) is 11.8 Å². The van der Waals surface area contributed by atoms with Gasteiger partial charge in [0.1, 0.15) is 5.82 Å². The number of carbonyl (C=O) groups is 2. The van der Waals surface area contributed by atoms with Gasteiger partial charge in [-0.05, 0) is 34.4 Å². The minimum Gasteiger partial charge on any atom is -0.352 e. The number of nitrogens with zero attached hydrogens (tertiary/aromatic N) is 5. The lowest BCUT2D eigenvalue weighted by Crippen LogP contribution is -2.27. The Bertz CT molecular complexity index is 1320. The molecule has 5 rings (SSSR count). The first kappa shape index (κ1) is 20.5. The van der Waals surface area contributed by atoms with E-state index in [1.807, 2.05) is 29.2 Å². The summed E-state index contributed by atoms with van der Waals surface area (Å²) in [5.74, 6) is 0.303. The first-order valence-electron chi connectivity index (χ1n) is 10.7. The van der Waals surface area contributed by atoms with Crippen molar-refractivity contribution in [1.82, 2.24) is 30.9 Å². The highest BCUT2D eigenvalue weighted by Gasteiger charge is 2.32. The molecule has 0 spiro atoms. The second kappa shape index (κ2) is 8.62. The number of anilines is 1. The molecule has 0 atom stereocenters. The predicted molar refractivity (Wildman–Crippen MR) is 122 cm³/mol. The summed E-state index contributed by atoms with van der Waals surface area (Å²) in [6.07, 6.45) is 2.45. The first-order valence-corrected chi connectivity index (χ1v) is 10.7. The van der Waals surface area contributed by atoms with Gasteiger partial charge >= 0.3 is 0 Å². The molecule has 4 aromatic rings. The standard InChI is InChI=1S/C24H21N7O2/c1-2-13-31(22-20-19(11-12-25-22)23(32)26-24(20)33)14-15-7-9-16(10-8-15)17-5-3-4-6-18(17)21-27-29-30-28-21/h3-12H,2,13-14H2,1H3,(H,26,32,33)(H,27,28,29,30). The Balaban J connectivity index is 1.44. The van der Waals surface area contributed by atoms with Crippen molar-refractivity contribution in [2.75, 3.05) is 11.4 Å². The zero-order valence-corrected chi connectivity index (χ0v) is 17.9.